The van der Waals surface area contributed by atoms with Crippen molar-refractivity contribution in [2.45, 2.75) is 18.4 Å². The minimum atomic E-state index is -3.02. The Balaban J connectivity index is 1.81. The van der Waals surface area contributed by atoms with Crippen molar-refractivity contribution in [2.75, 3.05) is 18.0 Å². The number of alkyl halides is 2. The van der Waals surface area contributed by atoms with Crippen LogP contribution in [0, 0.1) is 5.82 Å². The second kappa shape index (κ2) is 5.69. The minimum absolute atomic E-state index is 0.0343. The molecular weight excluding hydrogens is 335 g/mol. The number of halogens is 3. The van der Waals surface area contributed by atoms with Crippen molar-refractivity contribution >= 4 is 16.9 Å². The van der Waals surface area contributed by atoms with E-state index in [1.165, 1.54) is 28.2 Å². The van der Waals surface area contributed by atoms with Gasteiger partial charge in [-0.05, 0) is 12.1 Å². The standard InChI is InChI=1S/C16H14F3N5O/c17-12-3-1-2-4-13(12)24-15-11(6-22-24)14(20-9-21-15)23-7-10(25)5-16(18,19)8-23/h1-4,6,9-10,25H,5,7-8H2. The number of nitrogens with zero attached hydrogens (tertiary/aromatic N) is 5. The number of rotatable bonds is 2. The second-order valence-electron chi connectivity index (χ2n) is 6.04. The van der Waals surface area contributed by atoms with E-state index in [0.717, 1.165) is 0 Å². The number of hydrogen-bond acceptors (Lipinski definition) is 5. The topological polar surface area (TPSA) is 67.1 Å². The SMILES string of the molecule is OC1CN(c2ncnc3c2cnn3-c2ccccc2F)CC(F)(F)C1. The first-order chi connectivity index (χ1) is 11.9. The fourth-order valence-corrected chi connectivity index (χ4v) is 3.12. The summed E-state index contributed by atoms with van der Waals surface area (Å²) in [5.41, 5.74) is 0.504. The molecule has 0 bridgehead atoms. The summed E-state index contributed by atoms with van der Waals surface area (Å²) < 4.78 is 42.9. The van der Waals surface area contributed by atoms with Gasteiger partial charge in [0.05, 0.1) is 24.2 Å². The molecule has 0 amide bonds. The molecule has 1 saturated heterocycles. The van der Waals surface area contributed by atoms with Crippen molar-refractivity contribution in [3.8, 4) is 5.69 Å². The summed E-state index contributed by atoms with van der Waals surface area (Å²) >= 11 is 0. The Labute approximate surface area is 140 Å². The van der Waals surface area contributed by atoms with Gasteiger partial charge in [0.1, 0.15) is 23.6 Å². The molecule has 1 atom stereocenters. The molecule has 9 heteroatoms. The molecule has 0 aliphatic carbocycles. The number of anilines is 1. The Bertz CT molecular complexity index is 929. The van der Waals surface area contributed by atoms with E-state index in [1.807, 2.05) is 0 Å². The summed E-state index contributed by atoms with van der Waals surface area (Å²) in [6, 6.07) is 6.06. The van der Waals surface area contributed by atoms with E-state index in [-0.39, 0.29) is 18.1 Å². The van der Waals surface area contributed by atoms with E-state index in [2.05, 4.69) is 15.1 Å². The average molecular weight is 349 g/mol. The molecule has 0 saturated carbocycles. The van der Waals surface area contributed by atoms with Gasteiger partial charge in [-0.3, -0.25) is 0 Å². The third-order valence-electron chi connectivity index (χ3n) is 4.11. The molecule has 130 valence electrons. The quantitative estimate of drug-likeness (QED) is 0.768. The molecule has 6 nitrogen and oxygen atoms in total. The summed E-state index contributed by atoms with van der Waals surface area (Å²) in [7, 11) is 0. The smallest absolute Gasteiger partial charge is 0.267 e. The Hall–Kier alpha value is -2.68. The van der Waals surface area contributed by atoms with Crippen LogP contribution < -0.4 is 4.90 Å². The summed E-state index contributed by atoms with van der Waals surface area (Å²) in [6.45, 7) is -0.520. The van der Waals surface area contributed by atoms with Crippen LogP contribution in [0.5, 0.6) is 0 Å². The number of hydrogen-bond donors (Lipinski definition) is 1. The number of aliphatic hydroxyl groups is 1. The van der Waals surface area contributed by atoms with Crippen molar-refractivity contribution in [2.24, 2.45) is 0 Å². The first-order valence-corrected chi connectivity index (χ1v) is 7.69. The van der Waals surface area contributed by atoms with Crippen LogP contribution >= 0.6 is 0 Å². The molecule has 1 aliphatic heterocycles. The highest BCUT2D eigenvalue weighted by atomic mass is 19.3. The monoisotopic (exact) mass is 349 g/mol. The number of piperidine rings is 1. The summed E-state index contributed by atoms with van der Waals surface area (Å²) in [4.78, 5) is 9.51. The molecule has 4 rings (SSSR count). The molecule has 3 aromatic rings. The van der Waals surface area contributed by atoms with Gasteiger partial charge in [0.2, 0.25) is 0 Å². The number of para-hydroxylation sites is 1. The lowest BCUT2D eigenvalue weighted by Crippen LogP contribution is -2.49. The molecule has 1 fully saturated rings. The van der Waals surface area contributed by atoms with Crippen LogP contribution in [-0.4, -0.2) is 50.0 Å². The van der Waals surface area contributed by atoms with E-state index in [0.29, 0.717) is 11.0 Å². The fraction of sp³-hybridized carbons (Fsp3) is 0.312. The zero-order chi connectivity index (χ0) is 17.6. The number of fused-ring (bicyclic) bond motifs is 1. The highest BCUT2D eigenvalue weighted by Gasteiger charge is 2.40. The number of benzene rings is 1. The van der Waals surface area contributed by atoms with Gasteiger partial charge in [-0.25, -0.2) is 27.8 Å². The summed E-state index contributed by atoms with van der Waals surface area (Å²) in [5.74, 6) is -3.25. The molecule has 1 aromatic carbocycles. The first kappa shape index (κ1) is 15.8. The number of β-amino-alcohol motifs (C(OH)–C–C–N with tert-alkyl or cyclic N) is 1. The Morgan fingerprint density at radius 2 is 2.00 bits per heavy atom. The maximum Gasteiger partial charge on any atom is 0.267 e. The molecule has 1 N–H and O–H groups in total. The second-order valence-corrected chi connectivity index (χ2v) is 6.04. The third kappa shape index (κ3) is 2.80. The predicted molar refractivity (Wildman–Crippen MR) is 84.4 cm³/mol. The Kier molecular flexibility index (Phi) is 3.60. The Morgan fingerprint density at radius 3 is 2.76 bits per heavy atom. The first-order valence-electron chi connectivity index (χ1n) is 7.69. The highest BCUT2D eigenvalue weighted by Crippen LogP contribution is 2.32. The van der Waals surface area contributed by atoms with Crippen LogP contribution in [0.15, 0.2) is 36.8 Å². The normalized spacial score (nSPS) is 20.2. The molecule has 3 heterocycles. The van der Waals surface area contributed by atoms with Crippen LogP contribution in [0.4, 0.5) is 19.0 Å². The van der Waals surface area contributed by atoms with Crippen LogP contribution in [-0.2, 0) is 0 Å². The lowest BCUT2D eigenvalue weighted by Gasteiger charge is -2.36. The van der Waals surface area contributed by atoms with Crippen molar-refractivity contribution in [3.63, 3.8) is 0 Å². The van der Waals surface area contributed by atoms with Crippen LogP contribution in [0.25, 0.3) is 16.7 Å². The minimum Gasteiger partial charge on any atom is -0.391 e. The van der Waals surface area contributed by atoms with E-state index in [1.54, 1.807) is 18.2 Å². The molecule has 1 unspecified atom stereocenters. The van der Waals surface area contributed by atoms with Gasteiger partial charge < -0.3 is 10.0 Å². The molecule has 25 heavy (non-hydrogen) atoms. The maximum atomic E-state index is 14.0. The zero-order valence-corrected chi connectivity index (χ0v) is 13.0. The lowest BCUT2D eigenvalue weighted by atomic mass is 10.0. The van der Waals surface area contributed by atoms with Gasteiger partial charge in [0, 0.05) is 13.0 Å². The van der Waals surface area contributed by atoms with Gasteiger partial charge in [-0.2, -0.15) is 5.10 Å². The van der Waals surface area contributed by atoms with E-state index < -0.39 is 30.8 Å². The van der Waals surface area contributed by atoms with E-state index in [4.69, 9.17) is 0 Å². The predicted octanol–water partition coefficient (Wildman–Crippen LogP) is 2.16. The van der Waals surface area contributed by atoms with Crippen molar-refractivity contribution in [3.05, 3.63) is 42.6 Å². The van der Waals surface area contributed by atoms with E-state index in [9.17, 15) is 18.3 Å². The van der Waals surface area contributed by atoms with Gasteiger partial charge in [0.25, 0.3) is 5.92 Å². The van der Waals surface area contributed by atoms with Crippen molar-refractivity contribution < 1.29 is 18.3 Å². The van der Waals surface area contributed by atoms with Gasteiger partial charge >= 0.3 is 0 Å². The molecular formula is C16H14F3N5O. The molecule has 0 spiro atoms. The van der Waals surface area contributed by atoms with Crippen molar-refractivity contribution in [1.82, 2.24) is 19.7 Å². The van der Waals surface area contributed by atoms with Crippen LogP contribution in [0.2, 0.25) is 0 Å². The fourth-order valence-electron chi connectivity index (χ4n) is 3.12. The lowest BCUT2D eigenvalue weighted by molar-refractivity contribution is -0.0530. The van der Waals surface area contributed by atoms with Gasteiger partial charge in [0.15, 0.2) is 5.65 Å². The average Bonchev–Trinajstić information content (AvgIpc) is 2.97. The largest absolute Gasteiger partial charge is 0.391 e. The van der Waals surface area contributed by atoms with Crippen molar-refractivity contribution in [1.29, 1.82) is 0 Å². The van der Waals surface area contributed by atoms with E-state index >= 15 is 0 Å². The third-order valence-corrected chi connectivity index (χ3v) is 4.11. The van der Waals surface area contributed by atoms with Gasteiger partial charge in [-0.15, -0.1) is 0 Å². The molecule has 2 aromatic heterocycles. The van der Waals surface area contributed by atoms with Crippen LogP contribution in [0.1, 0.15) is 6.42 Å². The number of aromatic nitrogens is 4. The Morgan fingerprint density at radius 1 is 1.20 bits per heavy atom. The summed E-state index contributed by atoms with van der Waals surface area (Å²) in [6.07, 6.45) is 0.897. The molecule has 0 radical (unpaired) electrons. The van der Waals surface area contributed by atoms with Gasteiger partial charge in [-0.1, -0.05) is 12.1 Å². The molecule has 1 aliphatic rings. The van der Waals surface area contributed by atoms with Crippen LogP contribution in [0.3, 0.4) is 0 Å². The highest BCUT2D eigenvalue weighted by molar-refractivity contribution is 5.87. The maximum absolute atomic E-state index is 14.0. The zero-order valence-electron chi connectivity index (χ0n) is 13.0. The summed E-state index contributed by atoms with van der Waals surface area (Å²) in [5, 5.41) is 14.3. The number of aliphatic hydroxyl groups excluding tert-OH is 1.